The Labute approximate surface area is 136 Å². The van der Waals surface area contributed by atoms with E-state index in [-0.39, 0.29) is 10.5 Å². The lowest BCUT2D eigenvalue weighted by molar-refractivity contribution is -0.137. The lowest BCUT2D eigenvalue weighted by Gasteiger charge is -2.07. The smallest absolute Gasteiger partial charge is 0.384 e. The zero-order valence-electron chi connectivity index (χ0n) is 12.3. The Kier molecular flexibility index (Phi) is 4.98. The third kappa shape index (κ3) is 4.35. The van der Waals surface area contributed by atoms with E-state index in [2.05, 4.69) is 4.18 Å². The minimum Gasteiger partial charge on any atom is -0.384 e. The second-order valence-electron chi connectivity index (χ2n) is 4.90. The van der Waals surface area contributed by atoms with Gasteiger partial charge in [0, 0.05) is 5.56 Å². The number of hydrogen-bond donors (Lipinski definition) is 0. The first-order valence-electron chi connectivity index (χ1n) is 6.63. The molecule has 2 aromatic carbocycles. The van der Waals surface area contributed by atoms with Crippen LogP contribution in [0.1, 0.15) is 16.7 Å². The first kappa shape index (κ1) is 18.0. The molecule has 0 amide bonds. The largest absolute Gasteiger partial charge is 0.416 e. The van der Waals surface area contributed by atoms with E-state index in [1.165, 1.54) is 12.1 Å². The fraction of sp³-hybridized carbons (Fsp3) is 0.125. The minimum atomic E-state index is -4.54. The van der Waals surface area contributed by atoms with Gasteiger partial charge in [0.2, 0.25) is 0 Å². The van der Waals surface area contributed by atoms with Gasteiger partial charge in [0.15, 0.2) is 5.83 Å². The van der Waals surface area contributed by atoms with Gasteiger partial charge in [0.25, 0.3) is 0 Å². The van der Waals surface area contributed by atoms with E-state index in [0.717, 1.165) is 17.7 Å². The monoisotopic (exact) mass is 360 g/mol. The van der Waals surface area contributed by atoms with E-state index in [0.29, 0.717) is 18.4 Å². The molecule has 0 saturated carbocycles. The van der Waals surface area contributed by atoms with Crippen LogP contribution in [0.4, 0.5) is 17.6 Å². The van der Waals surface area contributed by atoms with E-state index < -0.39 is 27.7 Å². The summed E-state index contributed by atoms with van der Waals surface area (Å²) in [5.74, 6) is -1.11. The molecule has 2 rings (SSSR count). The first-order chi connectivity index (χ1) is 11.1. The van der Waals surface area contributed by atoms with Crippen molar-refractivity contribution >= 4 is 15.9 Å². The van der Waals surface area contributed by atoms with E-state index in [1.807, 2.05) is 0 Å². The number of hydrogen-bond acceptors (Lipinski definition) is 3. The molecule has 0 aliphatic carbocycles. The number of aryl methyl sites for hydroxylation is 1. The van der Waals surface area contributed by atoms with Crippen LogP contribution >= 0.6 is 0 Å². The predicted molar refractivity (Wildman–Crippen MR) is 80.0 cm³/mol. The molecule has 0 saturated heterocycles. The maximum absolute atomic E-state index is 13.9. The maximum Gasteiger partial charge on any atom is 0.416 e. The second-order valence-corrected chi connectivity index (χ2v) is 6.48. The van der Waals surface area contributed by atoms with Crippen LogP contribution in [0.2, 0.25) is 0 Å². The van der Waals surface area contributed by atoms with Crippen molar-refractivity contribution in [2.24, 2.45) is 0 Å². The molecule has 128 valence electrons. The molecule has 0 aromatic heterocycles. The Hall–Kier alpha value is -2.35. The van der Waals surface area contributed by atoms with Crippen molar-refractivity contribution in [2.45, 2.75) is 18.0 Å². The summed E-state index contributed by atoms with van der Waals surface area (Å²) in [6, 6.07) is 8.85. The highest BCUT2D eigenvalue weighted by Crippen LogP contribution is 2.30. The summed E-state index contributed by atoms with van der Waals surface area (Å²) in [4.78, 5) is -0.162. The van der Waals surface area contributed by atoms with Crippen molar-refractivity contribution in [2.75, 3.05) is 0 Å². The molecule has 24 heavy (non-hydrogen) atoms. The van der Waals surface area contributed by atoms with Gasteiger partial charge in [-0.2, -0.15) is 21.6 Å². The molecule has 0 atom stereocenters. The SMILES string of the molecule is Cc1ccc(S(=O)(=O)O/C=C(\F)c2ccc(C(F)(F)F)cc2)cc1. The predicted octanol–water partition coefficient (Wildman–Crippen LogP) is 4.69. The molecule has 2 aromatic rings. The second kappa shape index (κ2) is 6.64. The van der Waals surface area contributed by atoms with Gasteiger partial charge >= 0.3 is 16.3 Å². The average molecular weight is 360 g/mol. The molecule has 0 unspecified atom stereocenters. The van der Waals surface area contributed by atoms with Crippen LogP contribution in [-0.4, -0.2) is 8.42 Å². The Morgan fingerprint density at radius 2 is 1.54 bits per heavy atom. The van der Waals surface area contributed by atoms with Crippen LogP contribution in [0.3, 0.4) is 0 Å². The fourth-order valence-electron chi connectivity index (χ4n) is 1.75. The highest BCUT2D eigenvalue weighted by atomic mass is 32.2. The number of benzene rings is 2. The maximum atomic E-state index is 13.9. The third-order valence-electron chi connectivity index (χ3n) is 3.08. The highest BCUT2D eigenvalue weighted by Gasteiger charge is 2.30. The molecular weight excluding hydrogens is 348 g/mol. The van der Waals surface area contributed by atoms with Crippen molar-refractivity contribution in [3.05, 3.63) is 71.5 Å². The molecule has 0 fully saturated rings. The standard InChI is InChI=1S/C16H12F4O3S/c1-11-2-8-14(9-3-11)24(21,22)23-10-15(17)12-4-6-13(7-5-12)16(18,19)20/h2-10H,1H3/b15-10-. The van der Waals surface area contributed by atoms with E-state index >= 15 is 0 Å². The van der Waals surface area contributed by atoms with Crippen LogP contribution in [-0.2, 0) is 20.5 Å². The Bertz CT molecular complexity index is 836. The number of alkyl halides is 3. The van der Waals surface area contributed by atoms with Gasteiger partial charge in [-0.1, -0.05) is 29.8 Å². The van der Waals surface area contributed by atoms with Gasteiger partial charge < -0.3 is 4.18 Å². The van der Waals surface area contributed by atoms with Crippen LogP contribution in [0.15, 0.2) is 59.7 Å². The molecule has 0 radical (unpaired) electrons. The van der Waals surface area contributed by atoms with Crippen molar-refractivity contribution in [3.63, 3.8) is 0 Å². The van der Waals surface area contributed by atoms with Gasteiger partial charge in [0.05, 0.1) is 5.56 Å². The molecule has 0 N–H and O–H groups in total. The topological polar surface area (TPSA) is 43.4 Å². The first-order valence-corrected chi connectivity index (χ1v) is 8.04. The molecule has 0 aliphatic rings. The lowest BCUT2D eigenvalue weighted by atomic mass is 10.1. The summed E-state index contributed by atoms with van der Waals surface area (Å²) < 4.78 is 79.4. The van der Waals surface area contributed by atoms with Gasteiger partial charge in [-0.05, 0) is 31.2 Å². The third-order valence-corrected chi connectivity index (χ3v) is 4.28. The van der Waals surface area contributed by atoms with Crippen LogP contribution in [0.5, 0.6) is 0 Å². The van der Waals surface area contributed by atoms with Gasteiger partial charge in [-0.15, -0.1) is 0 Å². The summed E-state index contributed by atoms with van der Waals surface area (Å²) in [5.41, 5.74) is -0.338. The quantitative estimate of drug-likeness (QED) is 0.451. The number of halogens is 4. The summed E-state index contributed by atoms with van der Waals surface area (Å²) in [7, 11) is -4.21. The van der Waals surface area contributed by atoms with Crippen LogP contribution in [0, 0.1) is 6.92 Å². The zero-order valence-corrected chi connectivity index (χ0v) is 13.2. The molecule has 3 nitrogen and oxygen atoms in total. The summed E-state index contributed by atoms with van der Waals surface area (Å²) in [6.45, 7) is 1.77. The van der Waals surface area contributed by atoms with Gasteiger partial charge in [0.1, 0.15) is 11.2 Å². The van der Waals surface area contributed by atoms with Crippen molar-refractivity contribution in [1.29, 1.82) is 0 Å². The number of rotatable bonds is 4. The Balaban J connectivity index is 2.17. The van der Waals surface area contributed by atoms with Crippen molar-refractivity contribution in [1.82, 2.24) is 0 Å². The summed E-state index contributed by atoms with van der Waals surface area (Å²) >= 11 is 0. The molecule has 0 aliphatic heterocycles. The molecule has 0 spiro atoms. The minimum absolute atomic E-state index is 0.162. The van der Waals surface area contributed by atoms with E-state index in [1.54, 1.807) is 19.1 Å². The van der Waals surface area contributed by atoms with E-state index in [9.17, 15) is 26.0 Å². The molecule has 0 bridgehead atoms. The van der Waals surface area contributed by atoms with Crippen molar-refractivity contribution in [3.8, 4) is 0 Å². The Morgan fingerprint density at radius 1 is 1.00 bits per heavy atom. The Morgan fingerprint density at radius 3 is 2.04 bits per heavy atom. The van der Waals surface area contributed by atoms with Crippen LogP contribution < -0.4 is 0 Å². The molecular formula is C16H12F4O3S. The lowest BCUT2D eigenvalue weighted by Crippen LogP contribution is -2.04. The molecule has 0 heterocycles. The summed E-state index contributed by atoms with van der Waals surface area (Å²) in [6.07, 6.45) is -4.19. The highest BCUT2D eigenvalue weighted by molar-refractivity contribution is 7.86. The normalized spacial score (nSPS) is 13.0. The van der Waals surface area contributed by atoms with Crippen LogP contribution in [0.25, 0.3) is 5.83 Å². The van der Waals surface area contributed by atoms with E-state index in [4.69, 9.17) is 0 Å². The molecule has 8 heteroatoms. The summed E-state index contributed by atoms with van der Waals surface area (Å²) in [5, 5.41) is 0. The van der Waals surface area contributed by atoms with Crippen molar-refractivity contribution < 1.29 is 30.2 Å². The zero-order chi connectivity index (χ0) is 18.0. The fourth-order valence-corrected chi connectivity index (χ4v) is 2.54. The van der Waals surface area contributed by atoms with Gasteiger partial charge in [-0.25, -0.2) is 4.39 Å². The van der Waals surface area contributed by atoms with Gasteiger partial charge in [-0.3, -0.25) is 0 Å². The average Bonchev–Trinajstić information content (AvgIpc) is 2.52.